The van der Waals surface area contributed by atoms with Crippen molar-refractivity contribution in [3.8, 4) is 0 Å². The van der Waals surface area contributed by atoms with Gasteiger partial charge in [0.05, 0.1) is 0 Å². The predicted octanol–water partition coefficient (Wildman–Crippen LogP) is -0.244. The van der Waals surface area contributed by atoms with Crippen LogP contribution in [0.1, 0.15) is 36.3 Å². The van der Waals surface area contributed by atoms with Crippen LogP contribution in [0.25, 0.3) is 0 Å². The number of carboxylic acid groups (broad SMARTS) is 1. The molecule has 2 fully saturated rings. The normalized spacial score (nSPS) is 21.2. The fraction of sp³-hybridized carbons (Fsp3) is 0.786. The van der Waals surface area contributed by atoms with Crippen molar-refractivity contribution in [3.05, 3.63) is 5.82 Å². The van der Waals surface area contributed by atoms with E-state index < -0.39 is 16.2 Å². The van der Waals surface area contributed by atoms with E-state index in [9.17, 15) is 13.2 Å². The predicted molar refractivity (Wildman–Crippen MR) is 90.7 cm³/mol. The second-order valence-corrected chi connectivity index (χ2v) is 8.30. The quantitative estimate of drug-likeness (QED) is 0.776. The third-order valence-corrected chi connectivity index (χ3v) is 6.67. The minimum Gasteiger partial charge on any atom is -0.475 e. The maximum atomic E-state index is 12.8. The molecule has 3 rings (SSSR count). The second-order valence-electron chi connectivity index (χ2n) is 6.37. The number of anilines is 1. The Hall–Kier alpha value is -1.72. The molecule has 0 atom stereocenters. The first-order valence-corrected chi connectivity index (χ1v) is 9.94. The molecular formula is C14H24N6O4S. The van der Waals surface area contributed by atoms with Gasteiger partial charge in [-0.25, -0.2) is 9.48 Å². The van der Waals surface area contributed by atoms with Crippen molar-refractivity contribution in [3.63, 3.8) is 0 Å². The molecule has 0 aliphatic carbocycles. The molecule has 25 heavy (non-hydrogen) atoms. The van der Waals surface area contributed by atoms with Crippen LogP contribution in [0.5, 0.6) is 0 Å². The molecule has 0 unspecified atom stereocenters. The summed E-state index contributed by atoms with van der Waals surface area (Å²) in [5.41, 5.74) is 0. The van der Waals surface area contributed by atoms with Crippen LogP contribution in [0, 0.1) is 0 Å². The first-order valence-electron chi connectivity index (χ1n) is 8.54. The number of carboxylic acids is 1. The summed E-state index contributed by atoms with van der Waals surface area (Å²) in [6.45, 7) is 3.06. The highest BCUT2D eigenvalue weighted by Crippen LogP contribution is 2.20. The van der Waals surface area contributed by atoms with Gasteiger partial charge in [0.1, 0.15) is 0 Å². The van der Waals surface area contributed by atoms with Crippen molar-refractivity contribution in [2.45, 2.75) is 25.7 Å². The highest BCUT2D eigenvalue weighted by atomic mass is 32.2. The number of aryl methyl sites for hydroxylation is 1. The lowest BCUT2D eigenvalue weighted by atomic mass is 10.2. The van der Waals surface area contributed by atoms with E-state index in [1.165, 1.54) is 8.99 Å². The fourth-order valence-electron chi connectivity index (χ4n) is 3.33. The molecule has 0 bridgehead atoms. The summed E-state index contributed by atoms with van der Waals surface area (Å²) in [7, 11) is -1.79. The number of nitrogens with zero attached hydrogens (tertiary/aromatic N) is 6. The minimum absolute atomic E-state index is 0.250. The van der Waals surface area contributed by atoms with E-state index in [0.717, 1.165) is 19.3 Å². The summed E-state index contributed by atoms with van der Waals surface area (Å²) in [6.07, 6.45) is 3.56. The molecule has 3 heterocycles. The van der Waals surface area contributed by atoms with Gasteiger partial charge in [0, 0.05) is 46.3 Å². The molecule has 0 aromatic carbocycles. The number of hydrogen-bond donors (Lipinski definition) is 1. The highest BCUT2D eigenvalue weighted by molar-refractivity contribution is 7.86. The zero-order valence-corrected chi connectivity index (χ0v) is 15.2. The monoisotopic (exact) mass is 372 g/mol. The van der Waals surface area contributed by atoms with Gasteiger partial charge in [0.15, 0.2) is 0 Å². The van der Waals surface area contributed by atoms with E-state index >= 15 is 0 Å². The van der Waals surface area contributed by atoms with Crippen molar-refractivity contribution >= 4 is 22.1 Å². The van der Waals surface area contributed by atoms with Crippen molar-refractivity contribution in [2.75, 3.05) is 44.2 Å². The van der Waals surface area contributed by atoms with Crippen LogP contribution in [-0.4, -0.2) is 82.1 Å². The van der Waals surface area contributed by atoms with Crippen LogP contribution >= 0.6 is 0 Å². The van der Waals surface area contributed by atoms with Gasteiger partial charge in [0.25, 0.3) is 16.0 Å². The zero-order valence-electron chi connectivity index (χ0n) is 14.3. The number of aromatic carboxylic acids is 1. The lowest BCUT2D eigenvalue weighted by Crippen LogP contribution is -2.47. The lowest BCUT2D eigenvalue weighted by Gasteiger charge is -2.31. The Kier molecular flexibility index (Phi) is 5.25. The number of rotatable bonds is 4. The minimum atomic E-state index is -3.43. The highest BCUT2D eigenvalue weighted by Gasteiger charge is 2.32. The molecule has 1 aromatic heterocycles. The SMILES string of the molecule is Cn1nc(C(=O)O)nc1N1CCCN(S(=O)(=O)N2CCCCC2)CC1. The molecule has 2 saturated heterocycles. The topological polar surface area (TPSA) is 112 Å². The summed E-state index contributed by atoms with van der Waals surface area (Å²) in [6, 6.07) is 0. The van der Waals surface area contributed by atoms with Gasteiger partial charge in [-0.3, -0.25) is 0 Å². The molecular weight excluding hydrogens is 348 g/mol. The molecule has 11 heteroatoms. The third-order valence-electron chi connectivity index (χ3n) is 4.64. The summed E-state index contributed by atoms with van der Waals surface area (Å²) in [5.74, 6) is -0.972. The lowest BCUT2D eigenvalue weighted by molar-refractivity contribution is 0.0683. The Labute approximate surface area is 147 Å². The van der Waals surface area contributed by atoms with E-state index in [1.54, 1.807) is 11.4 Å². The van der Waals surface area contributed by atoms with E-state index in [2.05, 4.69) is 10.1 Å². The summed E-state index contributed by atoms with van der Waals surface area (Å²) in [5, 5.41) is 12.9. The van der Waals surface area contributed by atoms with Crippen molar-refractivity contribution in [1.82, 2.24) is 23.4 Å². The number of piperidine rings is 1. The van der Waals surface area contributed by atoms with Gasteiger partial charge in [-0.2, -0.15) is 22.0 Å². The van der Waals surface area contributed by atoms with E-state index in [4.69, 9.17) is 5.11 Å². The average Bonchev–Trinajstić information content (AvgIpc) is 2.82. The Morgan fingerprint density at radius 1 is 0.960 bits per heavy atom. The molecule has 0 spiro atoms. The number of aromatic nitrogens is 3. The first-order chi connectivity index (χ1) is 11.9. The van der Waals surface area contributed by atoms with E-state index in [0.29, 0.717) is 51.6 Å². The van der Waals surface area contributed by atoms with E-state index in [1.807, 2.05) is 4.90 Å². The Morgan fingerprint density at radius 2 is 1.60 bits per heavy atom. The Morgan fingerprint density at radius 3 is 2.24 bits per heavy atom. The molecule has 0 saturated carbocycles. The van der Waals surface area contributed by atoms with Gasteiger partial charge < -0.3 is 10.0 Å². The molecule has 0 radical (unpaired) electrons. The number of hydrogen-bond acceptors (Lipinski definition) is 6. The van der Waals surface area contributed by atoms with Crippen molar-refractivity contribution < 1.29 is 18.3 Å². The standard InChI is InChI=1S/C14H24N6O4S/c1-17-14(15-12(16-17)13(21)22)18-6-5-9-20(11-10-18)25(23,24)19-7-3-2-4-8-19/h2-11H2,1H3,(H,21,22). The van der Waals surface area contributed by atoms with Gasteiger partial charge in [-0.1, -0.05) is 6.42 Å². The summed E-state index contributed by atoms with van der Waals surface area (Å²) >= 11 is 0. The average molecular weight is 372 g/mol. The third kappa shape index (κ3) is 3.77. The van der Waals surface area contributed by atoms with Gasteiger partial charge >= 0.3 is 5.97 Å². The largest absolute Gasteiger partial charge is 0.475 e. The van der Waals surface area contributed by atoms with Gasteiger partial charge in [-0.15, -0.1) is 5.10 Å². The molecule has 2 aliphatic rings. The van der Waals surface area contributed by atoms with Crippen LogP contribution in [0.2, 0.25) is 0 Å². The van der Waals surface area contributed by atoms with Gasteiger partial charge in [-0.05, 0) is 19.3 Å². The maximum Gasteiger partial charge on any atom is 0.375 e. The molecule has 10 nitrogen and oxygen atoms in total. The summed E-state index contributed by atoms with van der Waals surface area (Å²) in [4.78, 5) is 17.0. The van der Waals surface area contributed by atoms with Crippen molar-refractivity contribution in [2.24, 2.45) is 7.05 Å². The van der Waals surface area contributed by atoms with Crippen LogP contribution < -0.4 is 4.90 Å². The molecule has 140 valence electrons. The van der Waals surface area contributed by atoms with Crippen LogP contribution in [-0.2, 0) is 17.3 Å². The van der Waals surface area contributed by atoms with Crippen LogP contribution in [0.3, 0.4) is 0 Å². The first kappa shape index (κ1) is 18.1. The Bertz CT molecular complexity index is 728. The van der Waals surface area contributed by atoms with E-state index in [-0.39, 0.29) is 5.82 Å². The van der Waals surface area contributed by atoms with Crippen molar-refractivity contribution in [1.29, 1.82) is 0 Å². The molecule has 0 amide bonds. The van der Waals surface area contributed by atoms with Crippen LogP contribution in [0.4, 0.5) is 5.95 Å². The smallest absolute Gasteiger partial charge is 0.375 e. The zero-order chi connectivity index (χ0) is 18.0. The number of carbonyl (C=O) groups is 1. The Balaban J connectivity index is 1.71. The summed E-state index contributed by atoms with van der Waals surface area (Å²) < 4.78 is 30.2. The molecule has 1 N–H and O–H groups in total. The molecule has 2 aliphatic heterocycles. The molecule has 1 aromatic rings. The fourth-order valence-corrected chi connectivity index (χ4v) is 5.04. The van der Waals surface area contributed by atoms with Crippen LogP contribution in [0.15, 0.2) is 0 Å². The second kappa shape index (κ2) is 7.26. The maximum absolute atomic E-state index is 12.8. The van der Waals surface area contributed by atoms with Gasteiger partial charge in [0.2, 0.25) is 5.95 Å².